The molecule has 0 aliphatic carbocycles. The van der Waals surface area contributed by atoms with Crippen molar-refractivity contribution < 1.29 is 4.39 Å². The van der Waals surface area contributed by atoms with E-state index < -0.39 is 5.41 Å². The van der Waals surface area contributed by atoms with Crippen LogP contribution in [0.2, 0.25) is 0 Å². The third-order valence-electron chi connectivity index (χ3n) is 2.90. The van der Waals surface area contributed by atoms with Gasteiger partial charge in [-0.25, -0.2) is 4.39 Å². The molecule has 0 fully saturated rings. The standard InChI is InChI=1S/C12H13BrFN/c1-8(2)12(3,7-15)9-5-4-6-10(13)11(9)14/h4-6,8H,1-3H3. The van der Waals surface area contributed by atoms with Crippen molar-refractivity contribution in [3.8, 4) is 6.07 Å². The monoisotopic (exact) mass is 269 g/mol. The lowest BCUT2D eigenvalue weighted by molar-refractivity contribution is 0.411. The highest BCUT2D eigenvalue weighted by Gasteiger charge is 2.33. The highest BCUT2D eigenvalue weighted by molar-refractivity contribution is 9.10. The Morgan fingerprint density at radius 3 is 2.53 bits per heavy atom. The topological polar surface area (TPSA) is 23.8 Å². The van der Waals surface area contributed by atoms with Crippen LogP contribution >= 0.6 is 15.9 Å². The van der Waals surface area contributed by atoms with Gasteiger partial charge in [-0.2, -0.15) is 5.26 Å². The molecule has 3 heteroatoms. The van der Waals surface area contributed by atoms with Gasteiger partial charge in [-0.3, -0.25) is 0 Å². The van der Waals surface area contributed by atoms with Gasteiger partial charge in [0.2, 0.25) is 0 Å². The molecule has 0 aliphatic rings. The number of rotatable bonds is 2. The Hall–Kier alpha value is -0.880. The molecule has 1 aromatic rings. The molecule has 1 aromatic carbocycles. The fourth-order valence-electron chi connectivity index (χ4n) is 1.41. The van der Waals surface area contributed by atoms with Gasteiger partial charge in [0.05, 0.1) is 16.0 Å². The molecular formula is C12H13BrFN. The molecule has 0 saturated heterocycles. The van der Waals surface area contributed by atoms with Crippen LogP contribution in [0.15, 0.2) is 22.7 Å². The minimum Gasteiger partial charge on any atom is -0.205 e. The van der Waals surface area contributed by atoms with Crippen molar-refractivity contribution in [1.82, 2.24) is 0 Å². The summed E-state index contributed by atoms with van der Waals surface area (Å²) in [7, 11) is 0. The fraction of sp³-hybridized carbons (Fsp3) is 0.417. The first-order chi connectivity index (χ1) is 6.93. The van der Waals surface area contributed by atoms with Gasteiger partial charge in [-0.15, -0.1) is 0 Å². The van der Waals surface area contributed by atoms with Crippen molar-refractivity contribution in [3.63, 3.8) is 0 Å². The second-order valence-electron chi connectivity index (χ2n) is 4.07. The average Bonchev–Trinajstić information content (AvgIpc) is 2.20. The number of halogens is 2. The molecule has 1 unspecified atom stereocenters. The van der Waals surface area contributed by atoms with E-state index >= 15 is 0 Å². The Balaban J connectivity index is 3.39. The Morgan fingerprint density at radius 1 is 1.47 bits per heavy atom. The zero-order valence-corrected chi connectivity index (χ0v) is 10.6. The van der Waals surface area contributed by atoms with Gasteiger partial charge < -0.3 is 0 Å². The molecule has 0 radical (unpaired) electrons. The Bertz CT molecular complexity index is 409. The summed E-state index contributed by atoms with van der Waals surface area (Å²) in [5, 5.41) is 9.19. The van der Waals surface area contributed by atoms with Crippen molar-refractivity contribution in [2.24, 2.45) is 5.92 Å². The summed E-state index contributed by atoms with van der Waals surface area (Å²) >= 11 is 3.13. The summed E-state index contributed by atoms with van der Waals surface area (Å²) in [4.78, 5) is 0. The van der Waals surface area contributed by atoms with E-state index in [1.807, 2.05) is 13.8 Å². The van der Waals surface area contributed by atoms with E-state index in [0.717, 1.165) is 0 Å². The number of nitriles is 1. The lowest BCUT2D eigenvalue weighted by atomic mass is 9.74. The summed E-state index contributed by atoms with van der Waals surface area (Å²) in [5.41, 5.74) is -0.331. The summed E-state index contributed by atoms with van der Waals surface area (Å²) in [6, 6.07) is 7.26. The van der Waals surface area contributed by atoms with E-state index in [0.29, 0.717) is 10.0 Å². The smallest absolute Gasteiger partial charge is 0.142 e. The normalized spacial score (nSPS) is 14.7. The highest BCUT2D eigenvalue weighted by Crippen LogP contribution is 2.35. The van der Waals surface area contributed by atoms with E-state index in [2.05, 4.69) is 22.0 Å². The van der Waals surface area contributed by atoms with Crippen molar-refractivity contribution in [3.05, 3.63) is 34.1 Å². The van der Waals surface area contributed by atoms with Gasteiger partial charge in [0, 0.05) is 5.56 Å². The lowest BCUT2D eigenvalue weighted by Gasteiger charge is -2.27. The van der Waals surface area contributed by atoms with Gasteiger partial charge in [-0.1, -0.05) is 26.0 Å². The van der Waals surface area contributed by atoms with Crippen molar-refractivity contribution in [1.29, 1.82) is 5.26 Å². The molecular weight excluding hydrogens is 257 g/mol. The van der Waals surface area contributed by atoms with E-state index in [1.54, 1.807) is 25.1 Å². The van der Waals surface area contributed by atoms with Crippen LogP contribution in [0.25, 0.3) is 0 Å². The van der Waals surface area contributed by atoms with E-state index in [9.17, 15) is 9.65 Å². The molecule has 1 atom stereocenters. The molecule has 1 nitrogen and oxygen atoms in total. The maximum Gasteiger partial charge on any atom is 0.142 e. The fourth-order valence-corrected chi connectivity index (χ4v) is 1.77. The van der Waals surface area contributed by atoms with Gasteiger partial charge in [-0.05, 0) is 34.8 Å². The van der Waals surface area contributed by atoms with Crippen molar-refractivity contribution >= 4 is 15.9 Å². The van der Waals surface area contributed by atoms with Gasteiger partial charge in [0.15, 0.2) is 0 Å². The first-order valence-electron chi connectivity index (χ1n) is 4.79. The lowest BCUT2D eigenvalue weighted by Crippen LogP contribution is -2.27. The van der Waals surface area contributed by atoms with E-state index in [-0.39, 0.29) is 11.7 Å². The molecule has 0 aliphatic heterocycles. The van der Waals surface area contributed by atoms with Crippen LogP contribution in [0.3, 0.4) is 0 Å². The van der Waals surface area contributed by atoms with Crippen LogP contribution in [0, 0.1) is 23.1 Å². The number of nitrogens with zero attached hydrogens (tertiary/aromatic N) is 1. The van der Waals surface area contributed by atoms with Crippen molar-refractivity contribution in [2.45, 2.75) is 26.2 Å². The number of benzene rings is 1. The van der Waals surface area contributed by atoms with Crippen LogP contribution in [-0.2, 0) is 5.41 Å². The predicted molar refractivity (Wildman–Crippen MR) is 61.9 cm³/mol. The molecule has 0 heterocycles. The second-order valence-corrected chi connectivity index (χ2v) is 4.92. The maximum atomic E-state index is 13.8. The van der Waals surface area contributed by atoms with E-state index in [4.69, 9.17) is 0 Å². The van der Waals surface area contributed by atoms with E-state index in [1.165, 1.54) is 0 Å². The zero-order valence-electron chi connectivity index (χ0n) is 9.01. The molecule has 0 N–H and O–H groups in total. The first kappa shape index (κ1) is 12.2. The summed E-state index contributed by atoms with van der Waals surface area (Å²) in [6.07, 6.45) is 0. The Morgan fingerprint density at radius 2 is 2.07 bits per heavy atom. The molecule has 80 valence electrons. The number of hydrogen-bond donors (Lipinski definition) is 0. The Kier molecular flexibility index (Phi) is 3.51. The first-order valence-corrected chi connectivity index (χ1v) is 5.58. The molecule has 15 heavy (non-hydrogen) atoms. The highest BCUT2D eigenvalue weighted by atomic mass is 79.9. The second kappa shape index (κ2) is 4.32. The van der Waals surface area contributed by atoms with Crippen molar-refractivity contribution in [2.75, 3.05) is 0 Å². The van der Waals surface area contributed by atoms with Gasteiger partial charge in [0.1, 0.15) is 5.82 Å². The molecule has 1 rings (SSSR count). The molecule has 0 bridgehead atoms. The zero-order chi connectivity index (χ0) is 11.6. The van der Waals surface area contributed by atoms with Gasteiger partial charge >= 0.3 is 0 Å². The summed E-state index contributed by atoms with van der Waals surface area (Å²) in [5.74, 6) is -0.276. The minimum atomic E-state index is -0.784. The molecule has 0 saturated carbocycles. The predicted octanol–water partition coefficient (Wildman–Crippen LogP) is 4.03. The third-order valence-corrected chi connectivity index (χ3v) is 3.51. The van der Waals surface area contributed by atoms with Crippen LogP contribution in [0.4, 0.5) is 4.39 Å². The summed E-state index contributed by atoms with van der Waals surface area (Å²) in [6.45, 7) is 5.61. The van der Waals surface area contributed by atoms with Crippen LogP contribution in [0.1, 0.15) is 26.3 Å². The quantitative estimate of drug-likeness (QED) is 0.796. The molecule has 0 spiro atoms. The van der Waals surface area contributed by atoms with Crippen LogP contribution in [0.5, 0.6) is 0 Å². The van der Waals surface area contributed by atoms with Crippen LogP contribution in [-0.4, -0.2) is 0 Å². The largest absolute Gasteiger partial charge is 0.205 e. The number of hydrogen-bond acceptors (Lipinski definition) is 1. The minimum absolute atomic E-state index is 0.0614. The maximum absolute atomic E-state index is 13.8. The average molecular weight is 270 g/mol. The van der Waals surface area contributed by atoms with Crippen LogP contribution < -0.4 is 0 Å². The molecule has 0 amide bonds. The molecule has 0 aromatic heterocycles. The SMILES string of the molecule is CC(C)C(C)(C#N)c1cccc(Br)c1F. The summed E-state index contributed by atoms with van der Waals surface area (Å²) < 4.78 is 14.3. The van der Waals surface area contributed by atoms with Gasteiger partial charge in [0.25, 0.3) is 0 Å². The third kappa shape index (κ3) is 2.05. The Labute approximate surface area is 98.0 Å².